The average Bonchev–Trinajstić information content (AvgIpc) is 2.72. The summed E-state index contributed by atoms with van der Waals surface area (Å²) in [7, 11) is 0. The second-order valence-electron chi connectivity index (χ2n) is 7.91. The van der Waals surface area contributed by atoms with Crippen molar-refractivity contribution in [3.8, 4) is 0 Å². The van der Waals surface area contributed by atoms with E-state index >= 15 is 0 Å². The minimum absolute atomic E-state index is 0.0769. The van der Waals surface area contributed by atoms with Crippen molar-refractivity contribution in [3.05, 3.63) is 86.8 Å². The van der Waals surface area contributed by atoms with Crippen molar-refractivity contribution in [2.24, 2.45) is 0 Å². The lowest BCUT2D eigenvalue weighted by Crippen LogP contribution is -2.38. The molecule has 0 radical (unpaired) electrons. The predicted molar refractivity (Wildman–Crippen MR) is 119 cm³/mol. The lowest BCUT2D eigenvalue weighted by atomic mass is 10.0. The molecule has 0 aliphatic carbocycles. The van der Waals surface area contributed by atoms with Crippen molar-refractivity contribution in [2.75, 3.05) is 16.8 Å². The van der Waals surface area contributed by atoms with Crippen molar-refractivity contribution >= 4 is 17.5 Å². The highest BCUT2D eigenvalue weighted by Gasteiger charge is 2.22. The number of benzene rings is 2. The second kappa shape index (κ2) is 8.14. The number of hydrogen-bond acceptors (Lipinski definition) is 4. The van der Waals surface area contributed by atoms with E-state index in [2.05, 4.69) is 27.3 Å². The SMILES string of the molecule is Cc1cc(=O)n(CC(=O)Nc2ccc(C)c(C)c2)c(N2CCc3ccccc3C2)n1. The quantitative estimate of drug-likeness (QED) is 0.727. The van der Waals surface area contributed by atoms with Crippen LogP contribution in [0.4, 0.5) is 11.6 Å². The van der Waals surface area contributed by atoms with Crippen molar-refractivity contribution in [3.63, 3.8) is 0 Å². The van der Waals surface area contributed by atoms with Gasteiger partial charge in [-0.25, -0.2) is 4.98 Å². The van der Waals surface area contributed by atoms with E-state index in [4.69, 9.17) is 0 Å². The predicted octanol–water partition coefficient (Wildman–Crippen LogP) is 3.37. The third-order valence-corrected chi connectivity index (χ3v) is 5.62. The summed E-state index contributed by atoms with van der Waals surface area (Å²) in [6.45, 7) is 7.19. The van der Waals surface area contributed by atoms with Crippen LogP contribution in [0.25, 0.3) is 0 Å². The zero-order valence-corrected chi connectivity index (χ0v) is 17.6. The Kier molecular flexibility index (Phi) is 5.40. The van der Waals surface area contributed by atoms with Crippen molar-refractivity contribution in [1.29, 1.82) is 0 Å². The molecule has 0 saturated heterocycles. The Morgan fingerprint density at radius 1 is 1.03 bits per heavy atom. The van der Waals surface area contributed by atoms with Gasteiger partial charge in [-0.15, -0.1) is 0 Å². The highest BCUT2D eigenvalue weighted by atomic mass is 16.2. The average molecular weight is 402 g/mol. The third-order valence-electron chi connectivity index (χ3n) is 5.62. The highest BCUT2D eigenvalue weighted by molar-refractivity contribution is 5.90. The van der Waals surface area contributed by atoms with Gasteiger partial charge in [0.25, 0.3) is 5.56 Å². The first-order chi connectivity index (χ1) is 14.4. The first-order valence-electron chi connectivity index (χ1n) is 10.2. The normalized spacial score (nSPS) is 13.1. The molecule has 1 N–H and O–H groups in total. The zero-order chi connectivity index (χ0) is 21.3. The first kappa shape index (κ1) is 19.9. The summed E-state index contributed by atoms with van der Waals surface area (Å²) in [5.74, 6) is 0.300. The van der Waals surface area contributed by atoms with Gasteiger partial charge in [-0.2, -0.15) is 0 Å². The fourth-order valence-electron chi connectivity index (χ4n) is 3.83. The molecule has 0 saturated carbocycles. The van der Waals surface area contributed by atoms with Gasteiger partial charge >= 0.3 is 0 Å². The zero-order valence-electron chi connectivity index (χ0n) is 17.6. The molecule has 154 valence electrons. The summed E-state index contributed by atoms with van der Waals surface area (Å²) in [5.41, 5.74) is 5.98. The van der Waals surface area contributed by atoms with Gasteiger partial charge in [-0.1, -0.05) is 30.3 Å². The molecule has 0 bridgehead atoms. The molecule has 6 nitrogen and oxygen atoms in total. The summed E-state index contributed by atoms with van der Waals surface area (Å²) in [6.07, 6.45) is 0.884. The molecule has 0 spiro atoms. The third kappa shape index (κ3) is 4.13. The second-order valence-corrected chi connectivity index (χ2v) is 7.91. The number of carbonyl (C=O) groups excluding carboxylic acids is 1. The number of aromatic nitrogens is 2. The number of fused-ring (bicyclic) bond motifs is 1. The van der Waals surface area contributed by atoms with Gasteiger partial charge in [-0.3, -0.25) is 14.2 Å². The van der Waals surface area contributed by atoms with Gasteiger partial charge in [0.05, 0.1) is 0 Å². The first-order valence-corrected chi connectivity index (χ1v) is 10.2. The van der Waals surface area contributed by atoms with E-state index in [1.165, 1.54) is 27.3 Å². The minimum atomic E-state index is -0.246. The maximum Gasteiger partial charge on any atom is 0.255 e. The van der Waals surface area contributed by atoms with Crippen LogP contribution in [0.1, 0.15) is 27.9 Å². The van der Waals surface area contributed by atoms with Crippen LogP contribution in [0, 0.1) is 20.8 Å². The number of amides is 1. The number of hydrogen-bond donors (Lipinski definition) is 1. The van der Waals surface area contributed by atoms with E-state index in [0.717, 1.165) is 24.2 Å². The molecule has 1 aliphatic heterocycles. The number of nitrogens with one attached hydrogen (secondary N) is 1. The van der Waals surface area contributed by atoms with E-state index < -0.39 is 0 Å². The molecule has 6 heteroatoms. The number of rotatable bonds is 4. The molecule has 4 rings (SSSR count). The Labute approximate surface area is 176 Å². The molecule has 0 unspecified atom stereocenters. The maximum atomic E-state index is 12.8. The molecule has 1 aliphatic rings. The smallest absolute Gasteiger partial charge is 0.255 e. The number of aryl methyl sites for hydroxylation is 3. The molecular weight excluding hydrogens is 376 g/mol. The standard InChI is InChI=1S/C24H26N4O2/c1-16-8-9-21(12-17(16)2)26-22(29)15-28-23(30)13-18(3)25-24(28)27-11-10-19-6-4-5-7-20(19)14-27/h4-9,12-13H,10-11,14-15H2,1-3H3,(H,26,29). The Morgan fingerprint density at radius 2 is 1.80 bits per heavy atom. The van der Waals surface area contributed by atoms with Gasteiger partial charge < -0.3 is 10.2 Å². The van der Waals surface area contributed by atoms with Crippen LogP contribution in [-0.2, 0) is 24.3 Å². The molecular formula is C24H26N4O2. The van der Waals surface area contributed by atoms with Crippen molar-refractivity contribution in [2.45, 2.75) is 40.3 Å². The molecule has 3 aromatic rings. The van der Waals surface area contributed by atoms with Crippen LogP contribution in [0.15, 0.2) is 53.3 Å². The fourth-order valence-corrected chi connectivity index (χ4v) is 3.83. The Morgan fingerprint density at radius 3 is 2.57 bits per heavy atom. The number of carbonyl (C=O) groups is 1. The van der Waals surface area contributed by atoms with Gasteiger partial charge in [0.1, 0.15) is 6.54 Å². The van der Waals surface area contributed by atoms with Gasteiger partial charge in [0.15, 0.2) is 0 Å². The van der Waals surface area contributed by atoms with Gasteiger partial charge in [0.2, 0.25) is 11.9 Å². The molecule has 2 aromatic carbocycles. The van der Waals surface area contributed by atoms with Crippen LogP contribution in [0.2, 0.25) is 0 Å². The number of anilines is 2. The van der Waals surface area contributed by atoms with E-state index in [9.17, 15) is 9.59 Å². The monoisotopic (exact) mass is 402 g/mol. The molecule has 30 heavy (non-hydrogen) atoms. The lowest BCUT2D eigenvalue weighted by Gasteiger charge is -2.31. The largest absolute Gasteiger partial charge is 0.337 e. The Balaban J connectivity index is 1.60. The molecule has 2 heterocycles. The van der Waals surface area contributed by atoms with E-state index in [-0.39, 0.29) is 18.0 Å². The lowest BCUT2D eigenvalue weighted by molar-refractivity contribution is -0.116. The minimum Gasteiger partial charge on any atom is -0.337 e. The Bertz CT molecular complexity index is 1170. The Hall–Kier alpha value is -3.41. The van der Waals surface area contributed by atoms with Gasteiger partial charge in [0, 0.05) is 30.5 Å². The van der Waals surface area contributed by atoms with E-state index in [1.54, 1.807) is 0 Å². The highest BCUT2D eigenvalue weighted by Crippen LogP contribution is 2.23. The molecule has 1 aromatic heterocycles. The molecule has 0 atom stereocenters. The summed E-state index contributed by atoms with van der Waals surface area (Å²) in [4.78, 5) is 32.2. The maximum absolute atomic E-state index is 12.8. The topological polar surface area (TPSA) is 67.2 Å². The van der Waals surface area contributed by atoms with Gasteiger partial charge in [-0.05, 0) is 61.6 Å². The van der Waals surface area contributed by atoms with Crippen LogP contribution in [0.5, 0.6) is 0 Å². The van der Waals surface area contributed by atoms with Crippen LogP contribution >= 0.6 is 0 Å². The van der Waals surface area contributed by atoms with Crippen molar-refractivity contribution < 1.29 is 4.79 Å². The summed E-state index contributed by atoms with van der Waals surface area (Å²) >= 11 is 0. The van der Waals surface area contributed by atoms with Crippen LogP contribution in [-0.4, -0.2) is 22.0 Å². The van der Waals surface area contributed by atoms with Crippen molar-refractivity contribution in [1.82, 2.24) is 9.55 Å². The molecule has 1 amide bonds. The summed E-state index contributed by atoms with van der Waals surface area (Å²) in [6, 6.07) is 15.6. The summed E-state index contributed by atoms with van der Waals surface area (Å²) in [5, 5.41) is 2.90. The summed E-state index contributed by atoms with van der Waals surface area (Å²) < 4.78 is 1.47. The van der Waals surface area contributed by atoms with Crippen LogP contribution < -0.4 is 15.8 Å². The van der Waals surface area contributed by atoms with E-state index in [0.29, 0.717) is 18.2 Å². The fraction of sp³-hybridized carbons (Fsp3) is 0.292. The molecule has 0 fully saturated rings. The number of nitrogens with zero attached hydrogens (tertiary/aromatic N) is 3. The van der Waals surface area contributed by atoms with Crippen LogP contribution in [0.3, 0.4) is 0 Å². The van der Waals surface area contributed by atoms with E-state index in [1.807, 2.05) is 51.1 Å².